The van der Waals surface area contributed by atoms with E-state index in [4.69, 9.17) is 10.2 Å². The second-order valence-corrected chi connectivity index (χ2v) is 5.57. The molecular weight excluding hydrogens is 194 g/mol. The molecule has 1 aliphatic heterocycles. The zero-order valence-electron chi connectivity index (χ0n) is 7.31. The molecule has 0 bridgehead atoms. The molecule has 6 heteroatoms. The maximum atomic E-state index is 11.0. The van der Waals surface area contributed by atoms with Gasteiger partial charge < -0.3 is 15.5 Å². The van der Waals surface area contributed by atoms with Crippen molar-refractivity contribution in [1.82, 2.24) is 5.32 Å². The Balaban J connectivity index is 2.25. The van der Waals surface area contributed by atoms with Crippen molar-refractivity contribution < 1.29 is 18.6 Å². The first kappa shape index (κ1) is 10.9. The van der Waals surface area contributed by atoms with Crippen LogP contribution < -0.4 is 5.32 Å². The summed E-state index contributed by atoms with van der Waals surface area (Å²) in [7, 11) is -2.86. The third kappa shape index (κ3) is 3.60. The van der Waals surface area contributed by atoms with Crippen LogP contribution in [0.25, 0.3) is 0 Å². The fraction of sp³-hybridized carbons (Fsp3) is 1.00. The van der Waals surface area contributed by atoms with Crippen molar-refractivity contribution in [3.63, 3.8) is 0 Å². The van der Waals surface area contributed by atoms with Gasteiger partial charge in [0.2, 0.25) is 0 Å². The molecule has 0 radical (unpaired) electrons. The largest absolute Gasteiger partial charge is 0.394 e. The molecule has 2 atom stereocenters. The van der Waals surface area contributed by atoms with Crippen LogP contribution in [0.4, 0.5) is 0 Å². The molecule has 1 fully saturated rings. The second kappa shape index (κ2) is 4.36. The van der Waals surface area contributed by atoms with E-state index in [9.17, 15) is 8.42 Å². The molecular formula is C7H15NO4S. The summed E-state index contributed by atoms with van der Waals surface area (Å²) in [5.41, 5.74) is 0. The lowest BCUT2D eigenvalue weighted by Crippen LogP contribution is -2.37. The maximum Gasteiger partial charge on any atom is 0.151 e. The average Bonchev–Trinajstić information content (AvgIpc) is 2.41. The molecule has 0 unspecified atom stereocenters. The van der Waals surface area contributed by atoms with E-state index in [0.717, 1.165) is 0 Å². The van der Waals surface area contributed by atoms with Gasteiger partial charge in [0.25, 0.3) is 0 Å². The van der Waals surface area contributed by atoms with Gasteiger partial charge in [-0.15, -0.1) is 0 Å². The molecule has 0 aliphatic carbocycles. The topological polar surface area (TPSA) is 86.6 Å². The van der Waals surface area contributed by atoms with Crippen LogP contribution in [0.1, 0.15) is 6.42 Å². The number of sulfone groups is 1. The fourth-order valence-corrected chi connectivity index (χ4v) is 3.03. The Kier molecular flexibility index (Phi) is 3.66. The molecule has 5 nitrogen and oxygen atoms in total. The summed E-state index contributed by atoms with van der Waals surface area (Å²) in [6.07, 6.45) is -0.205. The van der Waals surface area contributed by atoms with Gasteiger partial charge in [-0.1, -0.05) is 0 Å². The molecule has 1 heterocycles. The highest BCUT2D eigenvalue weighted by atomic mass is 32.2. The maximum absolute atomic E-state index is 11.0. The van der Waals surface area contributed by atoms with E-state index in [1.54, 1.807) is 0 Å². The monoisotopic (exact) mass is 209 g/mol. The van der Waals surface area contributed by atoms with E-state index < -0.39 is 15.9 Å². The van der Waals surface area contributed by atoms with Crippen molar-refractivity contribution in [2.45, 2.75) is 18.6 Å². The first-order chi connectivity index (χ1) is 6.03. The summed E-state index contributed by atoms with van der Waals surface area (Å²) in [6.45, 7) is -0.0524. The van der Waals surface area contributed by atoms with Crippen molar-refractivity contribution in [2.75, 3.05) is 24.7 Å². The predicted octanol–water partition coefficient (Wildman–Crippen LogP) is -1.88. The highest BCUT2D eigenvalue weighted by molar-refractivity contribution is 7.91. The van der Waals surface area contributed by atoms with Gasteiger partial charge >= 0.3 is 0 Å². The van der Waals surface area contributed by atoms with E-state index in [-0.39, 0.29) is 30.7 Å². The van der Waals surface area contributed by atoms with Gasteiger partial charge in [0.15, 0.2) is 9.84 Å². The van der Waals surface area contributed by atoms with E-state index in [1.165, 1.54) is 0 Å². The second-order valence-electron chi connectivity index (χ2n) is 3.34. The summed E-state index contributed by atoms with van der Waals surface area (Å²) in [5, 5.41) is 20.4. The standard InChI is InChI=1S/C7H15NO4S/c9-4-7(10)3-8-6-1-2-13(11,12)5-6/h6-10H,1-5H2/t6-,7+/m0/s1. The molecule has 3 N–H and O–H groups in total. The van der Waals surface area contributed by atoms with Crippen molar-refractivity contribution in [3.8, 4) is 0 Å². The lowest BCUT2D eigenvalue weighted by molar-refractivity contribution is 0.0925. The summed E-state index contributed by atoms with van der Waals surface area (Å²) in [4.78, 5) is 0. The number of rotatable bonds is 4. The van der Waals surface area contributed by atoms with Gasteiger partial charge in [0, 0.05) is 12.6 Å². The third-order valence-electron chi connectivity index (χ3n) is 2.09. The minimum absolute atomic E-state index is 0.0637. The van der Waals surface area contributed by atoms with Crippen molar-refractivity contribution in [3.05, 3.63) is 0 Å². The molecule has 13 heavy (non-hydrogen) atoms. The van der Waals surface area contributed by atoms with Gasteiger partial charge in [-0.05, 0) is 6.42 Å². The predicted molar refractivity (Wildman–Crippen MR) is 48.2 cm³/mol. The van der Waals surface area contributed by atoms with Crippen LogP contribution in [-0.4, -0.2) is 55.4 Å². The van der Waals surface area contributed by atoms with Crippen LogP contribution >= 0.6 is 0 Å². The van der Waals surface area contributed by atoms with E-state index in [0.29, 0.717) is 6.42 Å². The van der Waals surface area contributed by atoms with Crippen LogP contribution in [-0.2, 0) is 9.84 Å². The van der Waals surface area contributed by atoms with Gasteiger partial charge in [-0.2, -0.15) is 0 Å². The minimum Gasteiger partial charge on any atom is -0.394 e. The molecule has 1 aliphatic rings. The smallest absolute Gasteiger partial charge is 0.151 e. The summed E-state index contributed by atoms with van der Waals surface area (Å²) >= 11 is 0. The molecule has 0 aromatic heterocycles. The number of aliphatic hydroxyl groups excluding tert-OH is 2. The first-order valence-corrected chi connectivity index (χ1v) is 6.08. The molecule has 0 spiro atoms. The lowest BCUT2D eigenvalue weighted by Gasteiger charge is -2.13. The lowest BCUT2D eigenvalue weighted by atomic mass is 10.2. The molecule has 0 amide bonds. The normalized spacial score (nSPS) is 28.9. The van der Waals surface area contributed by atoms with E-state index in [1.807, 2.05) is 0 Å². The van der Waals surface area contributed by atoms with Crippen LogP contribution in [0.2, 0.25) is 0 Å². The average molecular weight is 209 g/mol. The van der Waals surface area contributed by atoms with Crippen LogP contribution in [0.5, 0.6) is 0 Å². The Bertz CT molecular complexity index is 251. The van der Waals surface area contributed by atoms with Crippen molar-refractivity contribution in [2.24, 2.45) is 0 Å². The molecule has 0 aromatic carbocycles. The van der Waals surface area contributed by atoms with E-state index >= 15 is 0 Å². The molecule has 78 valence electrons. The Hall–Kier alpha value is -0.170. The summed E-state index contributed by atoms with van der Waals surface area (Å²) in [5.74, 6) is 0.366. The van der Waals surface area contributed by atoms with Crippen LogP contribution in [0.15, 0.2) is 0 Å². The van der Waals surface area contributed by atoms with Gasteiger partial charge in [0.1, 0.15) is 0 Å². The quantitative estimate of drug-likeness (QED) is 0.504. The van der Waals surface area contributed by atoms with Gasteiger partial charge in [0.05, 0.1) is 24.2 Å². The van der Waals surface area contributed by atoms with Crippen LogP contribution in [0, 0.1) is 0 Å². The highest BCUT2D eigenvalue weighted by Gasteiger charge is 2.27. The number of hydrogen-bond acceptors (Lipinski definition) is 5. The number of nitrogens with one attached hydrogen (secondary N) is 1. The van der Waals surface area contributed by atoms with E-state index in [2.05, 4.69) is 5.32 Å². The van der Waals surface area contributed by atoms with Crippen molar-refractivity contribution in [1.29, 1.82) is 0 Å². The number of aliphatic hydroxyl groups is 2. The first-order valence-electron chi connectivity index (χ1n) is 4.26. The minimum atomic E-state index is -2.86. The summed E-state index contributed by atoms with van der Waals surface area (Å²) < 4.78 is 22.0. The molecule has 1 rings (SSSR count). The highest BCUT2D eigenvalue weighted by Crippen LogP contribution is 2.10. The number of hydrogen-bond donors (Lipinski definition) is 3. The molecule has 1 saturated heterocycles. The third-order valence-corrected chi connectivity index (χ3v) is 3.85. The van der Waals surface area contributed by atoms with Gasteiger partial charge in [-0.3, -0.25) is 0 Å². The van der Waals surface area contributed by atoms with Crippen molar-refractivity contribution >= 4 is 9.84 Å². The zero-order valence-corrected chi connectivity index (χ0v) is 8.13. The van der Waals surface area contributed by atoms with Gasteiger partial charge in [-0.25, -0.2) is 8.42 Å². The zero-order chi connectivity index (χ0) is 9.90. The molecule has 0 saturated carbocycles. The molecule has 0 aromatic rings. The summed E-state index contributed by atoms with van der Waals surface area (Å²) in [6, 6.07) is -0.0637. The SMILES string of the molecule is O=S1(=O)CC[C@H](NC[C@@H](O)CO)C1. The fourth-order valence-electron chi connectivity index (χ4n) is 1.32. The Morgan fingerprint density at radius 1 is 1.54 bits per heavy atom. The Morgan fingerprint density at radius 2 is 2.23 bits per heavy atom. The van der Waals surface area contributed by atoms with Crippen LogP contribution in [0.3, 0.4) is 0 Å². The Labute approximate surface area is 77.7 Å². The Morgan fingerprint density at radius 3 is 2.69 bits per heavy atom.